The summed E-state index contributed by atoms with van der Waals surface area (Å²) in [6.45, 7) is 5.14. The molecule has 1 aliphatic heterocycles. The lowest BCUT2D eigenvalue weighted by atomic mass is 9.96. The van der Waals surface area contributed by atoms with Crippen LogP contribution in [-0.2, 0) is 9.47 Å². The number of nitro groups is 1. The Hall–Kier alpha value is -0.940. The van der Waals surface area contributed by atoms with Crippen LogP contribution in [0, 0.1) is 15.5 Å². The smallest absolute Gasteiger partial charge is 0.235 e. The Morgan fingerprint density at radius 1 is 1.46 bits per heavy atom. The van der Waals surface area contributed by atoms with Crippen molar-refractivity contribution >= 4 is 0 Å². The molecule has 0 unspecified atom stereocenters. The normalized spacial score (nSPS) is 23.5. The van der Waals surface area contributed by atoms with E-state index in [1.165, 1.54) is 6.08 Å². The molecular formula is C8H13NO4. The van der Waals surface area contributed by atoms with E-state index in [4.69, 9.17) is 9.47 Å². The van der Waals surface area contributed by atoms with Crippen LogP contribution in [0.3, 0.4) is 0 Å². The van der Waals surface area contributed by atoms with Crippen LogP contribution in [0.4, 0.5) is 0 Å². The Bertz CT molecular complexity index is 214. The minimum absolute atomic E-state index is 0.00104. The van der Waals surface area contributed by atoms with E-state index in [2.05, 4.69) is 0 Å². The molecule has 5 nitrogen and oxygen atoms in total. The highest BCUT2D eigenvalue weighted by molar-refractivity contribution is 4.82. The van der Waals surface area contributed by atoms with Gasteiger partial charge in [-0.05, 0) is 0 Å². The van der Waals surface area contributed by atoms with Gasteiger partial charge in [0.1, 0.15) is 0 Å². The molecule has 1 heterocycles. The van der Waals surface area contributed by atoms with Crippen LogP contribution in [0.2, 0.25) is 0 Å². The Kier molecular flexibility index (Phi) is 3.00. The maximum atomic E-state index is 9.98. The first-order valence-corrected chi connectivity index (χ1v) is 4.05. The number of nitrogens with zero attached hydrogens (tertiary/aromatic N) is 1. The second kappa shape index (κ2) is 3.85. The van der Waals surface area contributed by atoms with Crippen molar-refractivity contribution in [1.82, 2.24) is 0 Å². The van der Waals surface area contributed by atoms with Crippen LogP contribution in [0.15, 0.2) is 12.3 Å². The fourth-order valence-corrected chi connectivity index (χ4v) is 0.957. The van der Waals surface area contributed by atoms with Gasteiger partial charge in [0, 0.05) is 11.5 Å². The summed E-state index contributed by atoms with van der Waals surface area (Å²) >= 11 is 0. The molecule has 1 fully saturated rings. The van der Waals surface area contributed by atoms with E-state index in [1.807, 2.05) is 13.8 Å². The van der Waals surface area contributed by atoms with Gasteiger partial charge in [-0.1, -0.05) is 13.8 Å². The Morgan fingerprint density at radius 2 is 2.00 bits per heavy atom. The highest BCUT2D eigenvalue weighted by atomic mass is 16.7. The molecule has 5 heteroatoms. The van der Waals surface area contributed by atoms with Gasteiger partial charge in [0.05, 0.1) is 18.1 Å². The van der Waals surface area contributed by atoms with Gasteiger partial charge in [0.15, 0.2) is 6.29 Å². The molecule has 0 saturated carbocycles. The fraction of sp³-hybridized carbons (Fsp3) is 0.750. The quantitative estimate of drug-likeness (QED) is 0.481. The van der Waals surface area contributed by atoms with Crippen LogP contribution in [0.5, 0.6) is 0 Å². The van der Waals surface area contributed by atoms with Crippen molar-refractivity contribution in [1.29, 1.82) is 0 Å². The third kappa shape index (κ3) is 3.52. The fourth-order valence-electron chi connectivity index (χ4n) is 0.957. The van der Waals surface area contributed by atoms with Gasteiger partial charge >= 0.3 is 0 Å². The van der Waals surface area contributed by atoms with Gasteiger partial charge < -0.3 is 9.47 Å². The van der Waals surface area contributed by atoms with E-state index >= 15 is 0 Å². The van der Waals surface area contributed by atoms with Crippen molar-refractivity contribution in [3.8, 4) is 0 Å². The Morgan fingerprint density at radius 3 is 2.46 bits per heavy atom. The molecule has 13 heavy (non-hydrogen) atoms. The van der Waals surface area contributed by atoms with Crippen LogP contribution in [-0.4, -0.2) is 24.4 Å². The molecule has 1 rings (SSSR count). The summed E-state index contributed by atoms with van der Waals surface area (Å²) < 4.78 is 10.5. The zero-order chi connectivity index (χ0) is 9.90. The van der Waals surface area contributed by atoms with Crippen molar-refractivity contribution < 1.29 is 14.4 Å². The third-order valence-electron chi connectivity index (χ3n) is 1.64. The monoisotopic (exact) mass is 187 g/mol. The number of rotatable bonds is 2. The highest BCUT2D eigenvalue weighted by Crippen LogP contribution is 2.23. The summed E-state index contributed by atoms with van der Waals surface area (Å²) in [5, 5.41) is 9.98. The predicted molar refractivity (Wildman–Crippen MR) is 45.6 cm³/mol. The van der Waals surface area contributed by atoms with E-state index in [-0.39, 0.29) is 5.41 Å². The summed E-state index contributed by atoms with van der Waals surface area (Å²) in [7, 11) is 0. The first-order chi connectivity index (χ1) is 5.99. The number of hydrogen-bond acceptors (Lipinski definition) is 4. The first kappa shape index (κ1) is 10.1. The molecule has 74 valence electrons. The van der Waals surface area contributed by atoms with Crippen molar-refractivity contribution in [2.45, 2.75) is 20.1 Å². The molecule has 0 radical (unpaired) electrons. The molecule has 0 aromatic heterocycles. The second-order valence-corrected chi connectivity index (χ2v) is 3.78. The molecule has 1 aliphatic rings. The van der Waals surface area contributed by atoms with E-state index in [9.17, 15) is 10.1 Å². The molecule has 0 bridgehead atoms. The molecule has 1 saturated heterocycles. The van der Waals surface area contributed by atoms with Gasteiger partial charge in [0.2, 0.25) is 6.20 Å². The van der Waals surface area contributed by atoms with Crippen LogP contribution >= 0.6 is 0 Å². The third-order valence-corrected chi connectivity index (χ3v) is 1.64. The summed E-state index contributed by atoms with van der Waals surface area (Å²) in [5.41, 5.74) is -0.00104. The Balaban J connectivity index is 2.37. The van der Waals surface area contributed by atoms with Crippen molar-refractivity contribution in [2.75, 3.05) is 13.2 Å². The van der Waals surface area contributed by atoms with Crippen molar-refractivity contribution in [3.63, 3.8) is 0 Å². The van der Waals surface area contributed by atoms with Crippen LogP contribution in [0.1, 0.15) is 13.8 Å². The lowest BCUT2D eigenvalue weighted by Crippen LogP contribution is -2.36. The highest BCUT2D eigenvalue weighted by Gasteiger charge is 2.27. The van der Waals surface area contributed by atoms with E-state index < -0.39 is 11.2 Å². The van der Waals surface area contributed by atoms with Crippen LogP contribution in [0.25, 0.3) is 0 Å². The summed E-state index contributed by atoms with van der Waals surface area (Å²) in [6.07, 6.45) is 1.57. The molecule has 0 N–H and O–H groups in total. The SMILES string of the molecule is CC1(C)COC(C=C[N+](=O)[O-])OC1. The lowest BCUT2D eigenvalue weighted by Gasteiger charge is -2.32. The number of ether oxygens (including phenoxy) is 2. The maximum Gasteiger partial charge on any atom is 0.235 e. The first-order valence-electron chi connectivity index (χ1n) is 4.05. The van der Waals surface area contributed by atoms with E-state index in [1.54, 1.807) is 0 Å². The molecule has 0 amide bonds. The minimum atomic E-state index is -0.571. The summed E-state index contributed by atoms with van der Waals surface area (Å²) in [5.74, 6) is 0. The standard InChI is InChI=1S/C8H13NO4/c1-8(2)5-12-7(13-6-8)3-4-9(10)11/h3-4,7H,5-6H2,1-2H3. The molecule has 0 aromatic carbocycles. The topological polar surface area (TPSA) is 61.6 Å². The summed E-state index contributed by atoms with van der Waals surface area (Å²) in [6, 6.07) is 0. The molecule has 0 spiro atoms. The van der Waals surface area contributed by atoms with Crippen molar-refractivity contribution in [2.24, 2.45) is 5.41 Å². The van der Waals surface area contributed by atoms with Gasteiger partial charge in [-0.25, -0.2) is 0 Å². The van der Waals surface area contributed by atoms with E-state index in [0.717, 1.165) is 6.20 Å². The zero-order valence-corrected chi connectivity index (χ0v) is 7.73. The van der Waals surface area contributed by atoms with Gasteiger partial charge in [-0.3, -0.25) is 10.1 Å². The second-order valence-electron chi connectivity index (χ2n) is 3.78. The largest absolute Gasteiger partial charge is 0.348 e. The number of hydrogen-bond donors (Lipinski definition) is 0. The van der Waals surface area contributed by atoms with Gasteiger partial charge in [-0.2, -0.15) is 0 Å². The van der Waals surface area contributed by atoms with Crippen molar-refractivity contribution in [3.05, 3.63) is 22.4 Å². The molecule has 0 atom stereocenters. The molecule has 0 aromatic rings. The predicted octanol–water partition coefficient (Wildman–Crippen LogP) is 1.18. The lowest BCUT2D eigenvalue weighted by molar-refractivity contribution is -0.403. The average Bonchev–Trinajstić information content (AvgIpc) is 2.02. The summed E-state index contributed by atoms with van der Waals surface area (Å²) in [4.78, 5) is 9.44. The van der Waals surface area contributed by atoms with Gasteiger partial charge in [-0.15, -0.1) is 0 Å². The molecular weight excluding hydrogens is 174 g/mol. The molecule has 0 aliphatic carbocycles. The average molecular weight is 187 g/mol. The zero-order valence-electron chi connectivity index (χ0n) is 7.73. The van der Waals surface area contributed by atoms with E-state index in [0.29, 0.717) is 13.2 Å². The maximum absolute atomic E-state index is 9.98. The minimum Gasteiger partial charge on any atom is -0.348 e. The van der Waals surface area contributed by atoms with Gasteiger partial charge in [0.25, 0.3) is 0 Å². The Labute approximate surface area is 76.5 Å². The van der Waals surface area contributed by atoms with Crippen LogP contribution < -0.4 is 0 Å².